The van der Waals surface area contributed by atoms with Gasteiger partial charge in [0.2, 0.25) is 11.8 Å². The molecule has 6 rings (SSSR count). The van der Waals surface area contributed by atoms with E-state index in [2.05, 4.69) is 26.4 Å². The molecule has 1 atom stereocenters. The minimum absolute atomic E-state index is 0.344. The summed E-state index contributed by atoms with van der Waals surface area (Å²) in [7, 11) is 1.62. The van der Waals surface area contributed by atoms with E-state index in [0.29, 0.717) is 38.1 Å². The smallest absolute Gasteiger partial charge is 0.254 e. The van der Waals surface area contributed by atoms with E-state index < -0.39 is 0 Å². The Morgan fingerprint density at radius 3 is 2.56 bits per heavy atom. The maximum atomic E-state index is 10.1. The highest BCUT2D eigenvalue weighted by molar-refractivity contribution is 5.87. The zero-order chi connectivity index (χ0) is 24.6. The molecule has 11 nitrogen and oxygen atoms in total. The fraction of sp³-hybridized carbons (Fsp3) is 0.440. The molecule has 2 aliphatic heterocycles. The predicted molar refractivity (Wildman–Crippen MR) is 136 cm³/mol. The summed E-state index contributed by atoms with van der Waals surface area (Å²) in [6.07, 6.45) is 2.29. The van der Waals surface area contributed by atoms with E-state index >= 15 is 0 Å². The molecular weight excluding hydrogens is 460 g/mol. The van der Waals surface area contributed by atoms with E-state index in [1.165, 1.54) is 0 Å². The number of morpholine rings is 1. The molecule has 2 saturated heterocycles. The fourth-order valence-electron chi connectivity index (χ4n) is 4.94. The Labute approximate surface area is 208 Å². The molecule has 0 amide bonds. The summed E-state index contributed by atoms with van der Waals surface area (Å²) < 4.78 is 15.0. The zero-order valence-corrected chi connectivity index (χ0v) is 20.5. The van der Waals surface area contributed by atoms with Crippen molar-refractivity contribution in [3.63, 3.8) is 0 Å². The first-order chi connectivity index (χ1) is 17.7. The molecule has 1 aromatic carbocycles. The number of methoxy groups -OCH3 is 1. The van der Waals surface area contributed by atoms with Crippen LogP contribution in [0.2, 0.25) is 0 Å². The summed E-state index contributed by atoms with van der Waals surface area (Å²) in [4.78, 5) is 19.3. The van der Waals surface area contributed by atoms with E-state index in [4.69, 9.17) is 24.4 Å². The lowest BCUT2D eigenvalue weighted by Crippen LogP contribution is -2.37. The number of fused-ring (bicyclic) bond motifs is 1. The number of aliphatic hydroxyl groups is 1. The topological polar surface area (TPSA) is 107 Å². The van der Waals surface area contributed by atoms with Crippen molar-refractivity contribution in [1.82, 2.24) is 29.3 Å². The SMILES string of the molecule is CCn1c(N2CC[C@@H](O)C2)nc2c(N3CCOCC3)nc(-n3cc(-c4ccccc4)c(OC)n3)nc21. The van der Waals surface area contributed by atoms with Crippen molar-refractivity contribution in [2.75, 3.05) is 56.3 Å². The maximum Gasteiger partial charge on any atom is 0.254 e. The standard InChI is InChI=1S/C25H30N8O3/c1-3-32-22-20(26-25(32)31-10-9-18(34)15-31)21(30-11-13-36-14-12-30)27-24(28-22)33-16-19(23(29-33)35-2)17-7-5-4-6-8-17/h4-8,16,18,34H,3,9-15H2,1-2H3/t18-/m1/s1. The normalized spacial score (nSPS) is 18.4. The second-order valence-corrected chi connectivity index (χ2v) is 9.03. The van der Waals surface area contributed by atoms with Crippen molar-refractivity contribution in [1.29, 1.82) is 0 Å². The average molecular weight is 491 g/mol. The lowest BCUT2D eigenvalue weighted by Gasteiger charge is -2.28. The Kier molecular flexibility index (Phi) is 5.94. The Morgan fingerprint density at radius 1 is 1.06 bits per heavy atom. The first kappa shape index (κ1) is 22.7. The minimum Gasteiger partial charge on any atom is -0.479 e. The van der Waals surface area contributed by atoms with Gasteiger partial charge in [-0.05, 0) is 18.9 Å². The number of rotatable bonds is 6. The minimum atomic E-state index is -0.344. The highest BCUT2D eigenvalue weighted by Gasteiger charge is 2.29. The third-order valence-electron chi connectivity index (χ3n) is 6.78. The van der Waals surface area contributed by atoms with Crippen molar-refractivity contribution < 1.29 is 14.6 Å². The van der Waals surface area contributed by atoms with Gasteiger partial charge in [-0.3, -0.25) is 4.57 Å². The zero-order valence-electron chi connectivity index (χ0n) is 20.5. The molecule has 3 aromatic heterocycles. The number of β-amino-alcohol motifs (C(OH)–C–C–N with tert-alkyl or cyclic N) is 1. The van der Waals surface area contributed by atoms with Crippen LogP contribution in [-0.2, 0) is 11.3 Å². The summed E-state index contributed by atoms with van der Waals surface area (Å²) in [5.41, 5.74) is 3.37. The van der Waals surface area contributed by atoms with Gasteiger partial charge in [0.1, 0.15) is 0 Å². The number of imidazole rings is 1. The molecule has 36 heavy (non-hydrogen) atoms. The van der Waals surface area contributed by atoms with Gasteiger partial charge >= 0.3 is 0 Å². The van der Waals surface area contributed by atoms with Crippen molar-refractivity contribution in [3.8, 4) is 23.0 Å². The van der Waals surface area contributed by atoms with Gasteiger partial charge in [0, 0.05) is 38.9 Å². The monoisotopic (exact) mass is 490 g/mol. The molecule has 5 heterocycles. The van der Waals surface area contributed by atoms with Crippen LogP contribution >= 0.6 is 0 Å². The van der Waals surface area contributed by atoms with Gasteiger partial charge in [-0.1, -0.05) is 30.3 Å². The molecule has 1 N–H and O–H groups in total. The van der Waals surface area contributed by atoms with Gasteiger partial charge in [-0.15, -0.1) is 5.10 Å². The lowest BCUT2D eigenvalue weighted by atomic mass is 10.1. The van der Waals surface area contributed by atoms with Crippen LogP contribution in [0.25, 0.3) is 28.2 Å². The lowest BCUT2D eigenvalue weighted by molar-refractivity contribution is 0.122. The highest BCUT2D eigenvalue weighted by atomic mass is 16.5. The summed E-state index contributed by atoms with van der Waals surface area (Å²) >= 11 is 0. The molecule has 0 bridgehead atoms. The van der Waals surface area contributed by atoms with Crippen molar-refractivity contribution in [2.24, 2.45) is 0 Å². The van der Waals surface area contributed by atoms with Gasteiger partial charge in [-0.2, -0.15) is 9.97 Å². The van der Waals surface area contributed by atoms with Crippen LogP contribution in [0.1, 0.15) is 13.3 Å². The van der Waals surface area contributed by atoms with Gasteiger partial charge in [0.25, 0.3) is 5.95 Å². The third kappa shape index (κ3) is 3.94. The Morgan fingerprint density at radius 2 is 1.86 bits per heavy atom. The predicted octanol–water partition coefficient (Wildman–Crippen LogP) is 2.12. The first-order valence-electron chi connectivity index (χ1n) is 12.4. The van der Waals surface area contributed by atoms with Crippen LogP contribution in [0.4, 0.5) is 11.8 Å². The Balaban J connectivity index is 1.52. The van der Waals surface area contributed by atoms with Crippen LogP contribution in [0.15, 0.2) is 36.5 Å². The molecule has 2 fully saturated rings. The Hall–Kier alpha value is -3.70. The molecule has 0 saturated carbocycles. The van der Waals surface area contributed by atoms with Gasteiger partial charge in [0.05, 0.1) is 32.0 Å². The molecule has 188 valence electrons. The second-order valence-electron chi connectivity index (χ2n) is 9.03. The average Bonchev–Trinajstić information content (AvgIpc) is 3.65. The van der Waals surface area contributed by atoms with Crippen LogP contribution in [0.5, 0.6) is 5.88 Å². The molecule has 0 spiro atoms. The number of aliphatic hydroxyl groups excluding tert-OH is 1. The number of aromatic nitrogens is 6. The van der Waals surface area contributed by atoms with Crippen molar-refractivity contribution in [2.45, 2.75) is 26.0 Å². The highest BCUT2D eigenvalue weighted by Crippen LogP contribution is 2.33. The quantitative estimate of drug-likeness (QED) is 0.435. The number of hydrogen-bond donors (Lipinski definition) is 1. The van der Waals surface area contributed by atoms with Crippen molar-refractivity contribution >= 4 is 22.9 Å². The number of aryl methyl sites for hydroxylation is 1. The number of ether oxygens (including phenoxy) is 2. The molecule has 0 unspecified atom stereocenters. The summed E-state index contributed by atoms with van der Waals surface area (Å²) in [5, 5.41) is 14.8. The summed E-state index contributed by atoms with van der Waals surface area (Å²) in [5.74, 6) is 2.54. The van der Waals surface area contributed by atoms with Gasteiger partial charge < -0.3 is 24.4 Å². The first-order valence-corrected chi connectivity index (χ1v) is 12.4. The molecular formula is C25H30N8O3. The molecule has 2 aliphatic rings. The fourth-order valence-corrected chi connectivity index (χ4v) is 4.94. The summed E-state index contributed by atoms with van der Waals surface area (Å²) in [6, 6.07) is 10.0. The third-order valence-corrected chi connectivity index (χ3v) is 6.78. The number of benzene rings is 1. The van der Waals surface area contributed by atoms with Gasteiger partial charge in [0.15, 0.2) is 17.0 Å². The van der Waals surface area contributed by atoms with E-state index in [9.17, 15) is 5.11 Å². The van der Waals surface area contributed by atoms with Crippen LogP contribution in [0.3, 0.4) is 0 Å². The molecule has 11 heteroatoms. The van der Waals surface area contributed by atoms with E-state index in [1.807, 2.05) is 36.5 Å². The van der Waals surface area contributed by atoms with Crippen molar-refractivity contribution in [3.05, 3.63) is 36.5 Å². The number of hydrogen-bond acceptors (Lipinski definition) is 9. The number of anilines is 2. The molecule has 0 aliphatic carbocycles. The van der Waals surface area contributed by atoms with Crippen LogP contribution < -0.4 is 14.5 Å². The number of nitrogens with zero attached hydrogens (tertiary/aromatic N) is 8. The summed E-state index contributed by atoms with van der Waals surface area (Å²) in [6.45, 7) is 6.80. The van der Waals surface area contributed by atoms with Crippen LogP contribution in [-0.4, -0.2) is 87.0 Å². The maximum absolute atomic E-state index is 10.1. The Bertz CT molecular complexity index is 1360. The van der Waals surface area contributed by atoms with E-state index in [1.54, 1.807) is 11.8 Å². The largest absolute Gasteiger partial charge is 0.479 e. The van der Waals surface area contributed by atoms with E-state index in [0.717, 1.165) is 60.1 Å². The van der Waals surface area contributed by atoms with Crippen LogP contribution in [0, 0.1) is 0 Å². The second kappa shape index (κ2) is 9.40. The molecule has 0 radical (unpaired) electrons. The van der Waals surface area contributed by atoms with Gasteiger partial charge in [-0.25, -0.2) is 9.67 Å². The molecule has 4 aromatic rings. The van der Waals surface area contributed by atoms with E-state index in [-0.39, 0.29) is 6.10 Å².